The molecule has 5 nitrogen and oxygen atoms in total. The van der Waals surface area contributed by atoms with Crippen LogP contribution in [0.25, 0.3) is 0 Å². The van der Waals surface area contributed by atoms with Crippen LogP contribution in [-0.4, -0.2) is 55.6 Å². The Labute approximate surface area is 104 Å². The SMILES string of the molecule is CCCNc1cc(N(C)CCN(C)C)ncn1. The number of hydrogen-bond donors (Lipinski definition) is 1. The highest BCUT2D eigenvalue weighted by atomic mass is 15.2. The number of nitrogens with zero attached hydrogens (tertiary/aromatic N) is 4. The molecule has 1 rings (SSSR count). The Morgan fingerprint density at radius 1 is 1.18 bits per heavy atom. The second-order valence-electron chi connectivity index (χ2n) is 4.41. The Kier molecular flexibility index (Phi) is 5.69. The first-order valence-electron chi connectivity index (χ1n) is 6.05. The summed E-state index contributed by atoms with van der Waals surface area (Å²) in [7, 11) is 6.19. The van der Waals surface area contributed by atoms with Gasteiger partial charge in [-0.05, 0) is 20.5 Å². The highest BCUT2D eigenvalue weighted by Crippen LogP contribution is 2.12. The Hall–Kier alpha value is -1.36. The second-order valence-corrected chi connectivity index (χ2v) is 4.41. The minimum Gasteiger partial charge on any atom is -0.370 e. The van der Waals surface area contributed by atoms with Crippen LogP contribution in [0.4, 0.5) is 11.6 Å². The van der Waals surface area contributed by atoms with Gasteiger partial charge in [0.25, 0.3) is 0 Å². The highest BCUT2D eigenvalue weighted by Gasteiger charge is 2.04. The first-order chi connectivity index (χ1) is 8.13. The molecule has 1 heterocycles. The molecule has 1 aromatic rings. The van der Waals surface area contributed by atoms with E-state index in [1.165, 1.54) is 0 Å². The lowest BCUT2D eigenvalue weighted by Gasteiger charge is -2.20. The summed E-state index contributed by atoms with van der Waals surface area (Å²) in [5, 5.41) is 3.27. The van der Waals surface area contributed by atoms with Crippen molar-refractivity contribution in [2.45, 2.75) is 13.3 Å². The van der Waals surface area contributed by atoms with Gasteiger partial charge >= 0.3 is 0 Å². The molecule has 0 spiro atoms. The van der Waals surface area contributed by atoms with Crippen LogP contribution in [0, 0.1) is 0 Å². The van der Waals surface area contributed by atoms with E-state index in [2.05, 4.69) is 53.2 Å². The Bertz CT molecular complexity index is 326. The average Bonchev–Trinajstić information content (AvgIpc) is 2.33. The van der Waals surface area contributed by atoms with Gasteiger partial charge in [0.15, 0.2) is 0 Å². The van der Waals surface area contributed by atoms with Crippen LogP contribution in [0.3, 0.4) is 0 Å². The summed E-state index contributed by atoms with van der Waals surface area (Å²) in [5.74, 6) is 1.86. The Morgan fingerprint density at radius 2 is 1.94 bits per heavy atom. The van der Waals surface area contributed by atoms with Crippen LogP contribution in [0.5, 0.6) is 0 Å². The second kappa shape index (κ2) is 7.06. The molecule has 5 heteroatoms. The first kappa shape index (κ1) is 13.7. The molecule has 0 aromatic carbocycles. The van der Waals surface area contributed by atoms with Crippen molar-refractivity contribution in [1.29, 1.82) is 0 Å². The topological polar surface area (TPSA) is 44.3 Å². The third kappa shape index (κ3) is 4.99. The van der Waals surface area contributed by atoms with Gasteiger partial charge in [-0.3, -0.25) is 0 Å². The van der Waals surface area contributed by atoms with E-state index < -0.39 is 0 Å². The van der Waals surface area contributed by atoms with Crippen LogP contribution < -0.4 is 10.2 Å². The monoisotopic (exact) mass is 237 g/mol. The minimum absolute atomic E-state index is 0.897. The summed E-state index contributed by atoms with van der Waals surface area (Å²) in [6.45, 7) is 5.05. The van der Waals surface area contributed by atoms with Gasteiger partial charge in [0.2, 0.25) is 0 Å². The van der Waals surface area contributed by atoms with Crippen molar-refractivity contribution in [2.24, 2.45) is 0 Å². The normalized spacial score (nSPS) is 10.6. The maximum atomic E-state index is 4.28. The molecule has 0 aliphatic carbocycles. The molecule has 0 radical (unpaired) electrons. The van der Waals surface area contributed by atoms with Crippen LogP contribution in [0.2, 0.25) is 0 Å². The zero-order valence-electron chi connectivity index (χ0n) is 11.3. The fourth-order valence-electron chi connectivity index (χ4n) is 1.37. The summed E-state index contributed by atoms with van der Waals surface area (Å²) >= 11 is 0. The Balaban J connectivity index is 2.57. The maximum absolute atomic E-state index is 4.28. The zero-order chi connectivity index (χ0) is 12.7. The molecule has 0 aliphatic heterocycles. The first-order valence-corrected chi connectivity index (χ1v) is 6.05. The van der Waals surface area contributed by atoms with E-state index in [1.807, 2.05) is 6.07 Å². The fraction of sp³-hybridized carbons (Fsp3) is 0.667. The number of likely N-dealkylation sites (N-methyl/N-ethyl adjacent to an activating group) is 2. The summed E-state index contributed by atoms with van der Waals surface area (Å²) in [4.78, 5) is 12.8. The van der Waals surface area contributed by atoms with Gasteiger partial charge in [-0.2, -0.15) is 0 Å². The van der Waals surface area contributed by atoms with E-state index in [4.69, 9.17) is 0 Å². The smallest absolute Gasteiger partial charge is 0.133 e. The van der Waals surface area contributed by atoms with Crippen molar-refractivity contribution in [2.75, 3.05) is 51.0 Å². The van der Waals surface area contributed by atoms with Crippen molar-refractivity contribution in [3.63, 3.8) is 0 Å². The lowest BCUT2D eigenvalue weighted by atomic mass is 10.4. The molecular weight excluding hydrogens is 214 g/mol. The molecule has 1 aromatic heterocycles. The predicted octanol–water partition coefficient (Wildman–Crippen LogP) is 1.30. The molecule has 1 N–H and O–H groups in total. The third-order valence-electron chi connectivity index (χ3n) is 2.48. The van der Waals surface area contributed by atoms with Crippen molar-refractivity contribution in [3.05, 3.63) is 12.4 Å². The largest absolute Gasteiger partial charge is 0.370 e. The van der Waals surface area contributed by atoms with Crippen LogP contribution >= 0.6 is 0 Å². The van der Waals surface area contributed by atoms with Gasteiger partial charge in [0.05, 0.1) is 0 Å². The van der Waals surface area contributed by atoms with E-state index in [0.717, 1.165) is 37.7 Å². The molecule has 0 fully saturated rings. The molecule has 17 heavy (non-hydrogen) atoms. The molecule has 0 aliphatic rings. The van der Waals surface area contributed by atoms with Crippen molar-refractivity contribution in [3.8, 4) is 0 Å². The average molecular weight is 237 g/mol. The number of anilines is 2. The standard InChI is InChI=1S/C12H23N5/c1-5-6-13-11-9-12(15-10-14-11)17(4)8-7-16(2)3/h9-10H,5-8H2,1-4H3,(H,13,14,15). The van der Waals surface area contributed by atoms with Gasteiger partial charge in [0.1, 0.15) is 18.0 Å². The van der Waals surface area contributed by atoms with Gasteiger partial charge in [0, 0.05) is 32.7 Å². The van der Waals surface area contributed by atoms with Crippen LogP contribution in [0.15, 0.2) is 12.4 Å². The molecular formula is C12H23N5. The number of hydrogen-bond acceptors (Lipinski definition) is 5. The summed E-state index contributed by atoms with van der Waals surface area (Å²) in [6.07, 6.45) is 2.70. The van der Waals surface area contributed by atoms with Gasteiger partial charge < -0.3 is 15.1 Å². The van der Waals surface area contributed by atoms with Gasteiger partial charge in [-0.15, -0.1) is 0 Å². The van der Waals surface area contributed by atoms with E-state index >= 15 is 0 Å². The molecule has 0 amide bonds. The molecule has 0 unspecified atom stereocenters. The van der Waals surface area contributed by atoms with Crippen molar-refractivity contribution in [1.82, 2.24) is 14.9 Å². The van der Waals surface area contributed by atoms with Crippen molar-refractivity contribution < 1.29 is 0 Å². The zero-order valence-corrected chi connectivity index (χ0v) is 11.3. The minimum atomic E-state index is 0.897. The van der Waals surface area contributed by atoms with Crippen LogP contribution in [-0.2, 0) is 0 Å². The van der Waals surface area contributed by atoms with E-state index in [9.17, 15) is 0 Å². The maximum Gasteiger partial charge on any atom is 0.133 e. The molecule has 0 saturated heterocycles. The third-order valence-corrected chi connectivity index (χ3v) is 2.48. The van der Waals surface area contributed by atoms with Crippen molar-refractivity contribution >= 4 is 11.6 Å². The summed E-state index contributed by atoms with van der Waals surface area (Å²) in [5.41, 5.74) is 0. The van der Waals surface area contributed by atoms with Gasteiger partial charge in [-0.1, -0.05) is 6.92 Å². The van der Waals surface area contributed by atoms with Crippen LogP contribution in [0.1, 0.15) is 13.3 Å². The fourth-order valence-corrected chi connectivity index (χ4v) is 1.37. The predicted molar refractivity (Wildman–Crippen MR) is 72.6 cm³/mol. The van der Waals surface area contributed by atoms with Gasteiger partial charge in [-0.25, -0.2) is 9.97 Å². The lowest BCUT2D eigenvalue weighted by Crippen LogP contribution is -2.29. The highest BCUT2D eigenvalue weighted by molar-refractivity contribution is 5.47. The lowest BCUT2D eigenvalue weighted by molar-refractivity contribution is 0.416. The van der Waals surface area contributed by atoms with E-state index in [-0.39, 0.29) is 0 Å². The molecule has 0 saturated carbocycles. The summed E-state index contributed by atoms with van der Waals surface area (Å²) < 4.78 is 0. The number of aromatic nitrogens is 2. The number of nitrogens with one attached hydrogen (secondary N) is 1. The Morgan fingerprint density at radius 3 is 2.59 bits per heavy atom. The molecule has 0 bridgehead atoms. The quantitative estimate of drug-likeness (QED) is 0.774. The number of rotatable bonds is 7. The summed E-state index contributed by atoms with van der Waals surface area (Å²) in [6, 6.07) is 1.99. The van der Waals surface area contributed by atoms with E-state index in [1.54, 1.807) is 6.33 Å². The van der Waals surface area contributed by atoms with E-state index in [0.29, 0.717) is 0 Å². The molecule has 96 valence electrons. The molecule has 0 atom stereocenters.